The van der Waals surface area contributed by atoms with Crippen molar-refractivity contribution in [3.05, 3.63) is 84.4 Å². The van der Waals surface area contributed by atoms with E-state index >= 15 is 0 Å². The molecule has 1 amide bonds. The first-order valence-corrected chi connectivity index (χ1v) is 9.47. The van der Waals surface area contributed by atoms with Crippen molar-refractivity contribution in [2.45, 2.75) is 44.9 Å². The molecule has 1 unspecified atom stereocenters. The average Bonchev–Trinajstić information content (AvgIpc) is 2.70. The molecule has 2 rings (SSSR count). The summed E-state index contributed by atoms with van der Waals surface area (Å²) in [6.07, 6.45) is 4.99. The summed E-state index contributed by atoms with van der Waals surface area (Å²) in [5.41, 5.74) is 2.16. The summed E-state index contributed by atoms with van der Waals surface area (Å²) in [5, 5.41) is 2.93. The van der Waals surface area contributed by atoms with Gasteiger partial charge in [-0.05, 0) is 36.8 Å². The van der Waals surface area contributed by atoms with Gasteiger partial charge in [-0.3, -0.25) is 0 Å². The highest BCUT2D eigenvalue weighted by atomic mass is 16.5. The van der Waals surface area contributed by atoms with E-state index in [2.05, 4.69) is 24.0 Å². The van der Waals surface area contributed by atoms with Crippen LogP contribution in [-0.4, -0.2) is 18.7 Å². The molecule has 0 aliphatic heterocycles. The molecule has 4 heteroatoms. The third kappa shape index (κ3) is 9.06. The van der Waals surface area contributed by atoms with Gasteiger partial charge in [0.25, 0.3) is 0 Å². The lowest BCUT2D eigenvalue weighted by molar-refractivity contribution is 0.115. The molecule has 0 aliphatic rings. The van der Waals surface area contributed by atoms with Crippen LogP contribution >= 0.6 is 0 Å². The normalized spacial score (nSPS) is 11.6. The molecule has 0 fully saturated rings. The van der Waals surface area contributed by atoms with Crippen LogP contribution in [-0.2, 0) is 22.7 Å². The van der Waals surface area contributed by atoms with E-state index in [0.29, 0.717) is 13.2 Å². The van der Waals surface area contributed by atoms with Gasteiger partial charge < -0.3 is 14.8 Å². The Labute approximate surface area is 162 Å². The lowest BCUT2D eigenvalue weighted by atomic mass is 10.1. The molecular formula is C23H29NO3. The number of nitrogens with one attached hydrogen (secondary N) is 1. The van der Waals surface area contributed by atoms with Crippen LogP contribution in [0.15, 0.2) is 73.3 Å². The third-order valence-electron chi connectivity index (χ3n) is 4.19. The van der Waals surface area contributed by atoms with Crippen LogP contribution in [0.2, 0.25) is 0 Å². The molecule has 0 bridgehead atoms. The zero-order valence-electron chi connectivity index (χ0n) is 15.8. The molecule has 1 N–H and O–H groups in total. The largest absolute Gasteiger partial charge is 0.445 e. The van der Waals surface area contributed by atoms with E-state index in [-0.39, 0.29) is 18.7 Å². The van der Waals surface area contributed by atoms with Crippen LogP contribution in [0, 0.1) is 0 Å². The summed E-state index contributed by atoms with van der Waals surface area (Å²) in [7, 11) is 0. The van der Waals surface area contributed by atoms with E-state index in [1.54, 1.807) is 0 Å². The van der Waals surface area contributed by atoms with Crippen LogP contribution in [0.25, 0.3) is 0 Å². The molecule has 0 saturated heterocycles. The monoisotopic (exact) mass is 367 g/mol. The maximum Gasteiger partial charge on any atom is 0.407 e. The Balaban J connectivity index is 1.59. The molecule has 2 aromatic carbocycles. The summed E-state index contributed by atoms with van der Waals surface area (Å²) in [6.45, 7) is 5.41. The van der Waals surface area contributed by atoms with Crippen LogP contribution in [0.1, 0.15) is 36.8 Å². The predicted molar refractivity (Wildman–Crippen MR) is 108 cm³/mol. The number of alkyl carbamates (subject to hydrolysis) is 1. The number of rotatable bonds is 12. The van der Waals surface area contributed by atoms with Crippen molar-refractivity contribution in [2.75, 3.05) is 6.61 Å². The number of carbonyl (C=O) groups is 1. The highest BCUT2D eigenvalue weighted by molar-refractivity contribution is 5.67. The fourth-order valence-electron chi connectivity index (χ4n) is 2.74. The molecule has 0 saturated carbocycles. The number of unbranched alkanes of at least 4 members (excludes halogenated alkanes) is 1. The second-order valence-electron chi connectivity index (χ2n) is 6.46. The first kappa shape index (κ1) is 20.7. The van der Waals surface area contributed by atoms with Gasteiger partial charge in [-0.2, -0.15) is 0 Å². The van der Waals surface area contributed by atoms with E-state index in [4.69, 9.17) is 9.47 Å². The van der Waals surface area contributed by atoms with Gasteiger partial charge in [-0.25, -0.2) is 4.79 Å². The van der Waals surface area contributed by atoms with Crippen molar-refractivity contribution >= 4 is 6.09 Å². The topological polar surface area (TPSA) is 47.6 Å². The minimum atomic E-state index is -0.383. The summed E-state index contributed by atoms with van der Waals surface area (Å²) in [6, 6.07) is 19.9. The van der Waals surface area contributed by atoms with Gasteiger partial charge in [0.05, 0.1) is 6.61 Å². The van der Waals surface area contributed by atoms with Crippen molar-refractivity contribution in [3.63, 3.8) is 0 Å². The fraction of sp³-hybridized carbons (Fsp3) is 0.348. The van der Waals surface area contributed by atoms with Crippen LogP contribution in [0.5, 0.6) is 0 Å². The van der Waals surface area contributed by atoms with Gasteiger partial charge in [-0.1, -0.05) is 66.7 Å². The number of hydrogen-bond acceptors (Lipinski definition) is 3. The molecule has 2 aromatic rings. The lowest BCUT2D eigenvalue weighted by Gasteiger charge is -2.17. The molecule has 0 heterocycles. The van der Waals surface area contributed by atoms with Crippen LogP contribution in [0.3, 0.4) is 0 Å². The third-order valence-corrected chi connectivity index (χ3v) is 4.19. The Bertz CT molecular complexity index is 658. The maximum absolute atomic E-state index is 12.0. The van der Waals surface area contributed by atoms with E-state index in [0.717, 1.165) is 31.2 Å². The van der Waals surface area contributed by atoms with Crippen molar-refractivity contribution in [3.8, 4) is 0 Å². The van der Waals surface area contributed by atoms with Gasteiger partial charge in [0.15, 0.2) is 0 Å². The highest BCUT2D eigenvalue weighted by Gasteiger charge is 2.11. The van der Waals surface area contributed by atoms with E-state index in [1.165, 1.54) is 5.56 Å². The van der Waals surface area contributed by atoms with Crippen molar-refractivity contribution < 1.29 is 14.3 Å². The highest BCUT2D eigenvalue weighted by Crippen LogP contribution is 2.08. The molecule has 4 nitrogen and oxygen atoms in total. The Hall–Kier alpha value is -2.59. The lowest BCUT2D eigenvalue weighted by Crippen LogP contribution is -2.34. The maximum atomic E-state index is 12.0. The number of ether oxygens (including phenoxy) is 2. The number of benzene rings is 2. The zero-order chi connectivity index (χ0) is 19.2. The van der Waals surface area contributed by atoms with Gasteiger partial charge in [0, 0.05) is 12.6 Å². The Morgan fingerprint density at radius 1 is 0.963 bits per heavy atom. The predicted octanol–water partition coefficient (Wildman–Crippen LogP) is 5.24. The minimum Gasteiger partial charge on any atom is -0.445 e. The van der Waals surface area contributed by atoms with Gasteiger partial charge in [0.2, 0.25) is 0 Å². The standard InChI is InChI=1S/C23H29NO3/c1-2-11-22(24-23(25)27-19-21-14-7-4-8-15-21)16-9-10-17-26-18-20-12-5-3-6-13-20/h2-8,12-15,22H,1,9-11,16-19H2,(H,24,25). The zero-order valence-corrected chi connectivity index (χ0v) is 15.8. The second-order valence-corrected chi connectivity index (χ2v) is 6.46. The molecule has 144 valence electrons. The van der Waals surface area contributed by atoms with Crippen molar-refractivity contribution in [1.29, 1.82) is 0 Å². The molecule has 0 spiro atoms. The van der Waals surface area contributed by atoms with Crippen LogP contribution in [0.4, 0.5) is 4.79 Å². The first-order chi connectivity index (χ1) is 13.3. The van der Waals surface area contributed by atoms with Gasteiger partial charge >= 0.3 is 6.09 Å². The Morgan fingerprint density at radius 2 is 1.59 bits per heavy atom. The summed E-state index contributed by atoms with van der Waals surface area (Å²) in [5.74, 6) is 0. The second kappa shape index (κ2) is 12.7. The smallest absolute Gasteiger partial charge is 0.407 e. The number of hydrogen-bond donors (Lipinski definition) is 1. The average molecular weight is 367 g/mol. The molecule has 0 aliphatic carbocycles. The Kier molecular flexibility index (Phi) is 9.76. The summed E-state index contributed by atoms with van der Waals surface area (Å²) in [4.78, 5) is 12.0. The quantitative estimate of drug-likeness (QED) is 0.412. The van der Waals surface area contributed by atoms with Crippen molar-refractivity contribution in [2.24, 2.45) is 0 Å². The van der Waals surface area contributed by atoms with E-state index < -0.39 is 0 Å². The molecule has 27 heavy (non-hydrogen) atoms. The fourth-order valence-corrected chi connectivity index (χ4v) is 2.74. The van der Waals surface area contributed by atoms with Gasteiger partial charge in [-0.15, -0.1) is 6.58 Å². The number of carbonyl (C=O) groups excluding carboxylic acids is 1. The Morgan fingerprint density at radius 3 is 2.22 bits per heavy atom. The van der Waals surface area contributed by atoms with Gasteiger partial charge in [0.1, 0.15) is 6.61 Å². The number of amides is 1. The van der Waals surface area contributed by atoms with Crippen molar-refractivity contribution in [1.82, 2.24) is 5.32 Å². The molecular weight excluding hydrogens is 338 g/mol. The SMILES string of the molecule is C=CCC(CCCCOCc1ccccc1)NC(=O)OCc1ccccc1. The van der Waals surface area contributed by atoms with Crippen LogP contribution < -0.4 is 5.32 Å². The first-order valence-electron chi connectivity index (χ1n) is 9.47. The molecule has 0 radical (unpaired) electrons. The summed E-state index contributed by atoms with van der Waals surface area (Å²) >= 11 is 0. The van der Waals surface area contributed by atoms with E-state index in [9.17, 15) is 4.79 Å². The van der Waals surface area contributed by atoms with E-state index in [1.807, 2.05) is 54.6 Å². The molecule has 1 atom stereocenters. The molecule has 0 aromatic heterocycles. The summed E-state index contributed by atoms with van der Waals surface area (Å²) < 4.78 is 11.0. The minimum absolute atomic E-state index is 0.0416.